The van der Waals surface area contributed by atoms with Crippen molar-refractivity contribution in [1.82, 2.24) is 4.90 Å². The van der Waals surface area contributed by atoms with E-state index in [0.717, 1.165) is 32.5 Å². The van der Waals surface area contributed by atoms with Crippen molar-refractivity contribution in [3.63, 3.8) is 0 Å². The van der Waals surface area contributed by atoms with Crippen LogP contribution in [-0.2, 0) is 6.54 Å². The molecule has 0 aromatic heterocycles. The Morgan fingerprint density at radius 3 is 2.32 bits per heavy atom. The van der Waals surface area contributed by atoms with Crippen molar-refractivity contribution in [2.24, 2.45) is 0 Å². The van der Waals surface area contributed by atoms with Crippen molar-refractivity contribution in [3.8, 4) is 12.1 Å². The van der Waals surface area contributed by atoms with E-state index in [-0.39, 0.29) is 3.42 Å². The molecule has 0 saturated carbocycles. The number of rotatable bonds is 3. The third-order valence-electron chi connectivity index (χ3n) is 3.64. The highest BCUT2D eigenvalue weighted by atomic mass is 127. The summed E-state index contributed by atoms with van der Waals surface area (Å²) in [5.41, 5.74) is 1.96. The normalized spacial score (nSPS) is 18.5. The predicted molar refractivity (Wildman–Crippen MR) is 82.6 cm³/mol. The molecule has 0 bridgehead atoms. The van der Waals surface area contributed by atoms with Gasteiger partial charge in [-0.2, -0.15) is 10.5 Å². The van der Waals surface area contributed by atoms with Crippen LogP contribution in [0.5, 0.6) is 0 Å². The lowest BCUT2D eigenvalue weighted by Gasteiger charge is -2.36. The number of hydrogen-bond donors (Lipinski definition) is 0. The van der Waals surface area contributed by atoms with Gasteiger partial charge in [-0.15, -0.1) is 0 Å². The first-order valence-electron chi connectivity index (χ1n) is 6.42. The number of piperidine rings is 1. The Kier molecular flexibility index (Phi) is 4.79. The van der Waals surface area contributed by atoms with Crippen LogP contribution >= 0.6 is 22.6 Å². The minimum atomic E-state index is 0.174. The Hall–Kier alpha value is -1.11. The van der Waals surface area contributed by atoms with Gasteiger partial charge in [0.2, 0.25) is 0 Å². The van der Waals surface area contributed by atoms with Crippen molar-refractivity contribution in [3.05, 3.63) is 35.4 Å². The fourth-order valence-electron chi connectivity index (χ4n) is 2.37. The Bertz CT molecular complexity index is 502. The van der Waals surface area contributed by atoms with E-state index in [0.29, 0.717) is 12.0 Å². The molecule has 0 unspecified atom stereocenters. The van der Waals surface area contributed by atoms with Crippen LogP contribution in [0.1, 0.15) is 30.4 Å². The number of benzene rings is 1. The van der Waals surface area contributed by atoms with Gasteiger partial charge in [-0.3, -0.25) is 4.90 Å². The van der Waals surface area contributed by atoms with Crippen molar-refractivity contribution < 1.29 is 0 Å². The summed E-state index contributed by atoms with van der Waals surface area (Å²) in [5.74, 6) is 0. The van der Waals surface area contributed by atoms with E-state index in [4.69, 9.17) is 10.5 Å². The highest BCUT2D eigenvalue weighted by molar-refractivity contribution is 14.1. The minimum Gasteiger partial charge on any atom is -0.299 e. The first-order valence-corrected chi connectivity index (χ1v) is 7.50. The quantitative estimate of drug-likeness (QED) is 0.611. The molecule has 1 fully saturated rings. The molecule has 0 amide bonds. The average Bonchev–Trinajstić information content (AvgIpc) is 2.43. The largest absolute Gasteiger partial charge is 0.299 e. The van der Waals surface area contributed by atoms with Crippen molar-refractivity contribution in [1.29, 1.82) is 10.5 Å². The third-order valence-corrected chi connectivity index (χ3v) is 5.10. The van der Waals surface area contributed by atoms with Gasteiger partial charge in [0.05, 0.1) is 17.7 Å². The van der Waals surface area contributed by atoms with Gasteiger partial charge < -0.3 is 0 Å². The van der Waals surface area contributed by atoms with Crippen LogP contribution in [0.4, 0.5) is 0 Å². The second kappa shape index (κ2) is 6.36. The Morgan fingerprint density at radius 2 is 1.79 bits per heavy atom. The fourth-order valence-corrected chi connectivity index (χ4v) is 3.03. The van der Waals surface area contributed by atoms with Crippen LogP contribution in [0.25, 0.3) is 0 Å². The first-order chi connectivity index (χ1) is 9.15. The van der Waals surface area contributed by atoms with Gasteiger partial charge in [0.15, 0.2) is 0 Å². The maximum atomic E-state index is 8.84. The van der Waals surface area contributed by atoms with Crippen LogP contribution in [-0.4, -0.2) is 21.4 Å². The summed E-state index contributed by atoms with van der Waals surface area (Å²) >= 11 is 2.46. The monoisotopic (exact) mass is 365 g/mol. The standard InChI is InChI=1S/C15H16IN3/c16-15(5-8-17)6-9-19(10-7-15)12-14-3-1-13(11-18)2-4-14/h1-4H,5-7,9-10,12H2. The molecule has 1 saturated heterocycles. The molecule has 0 N–H and O–H groups in total. The van der Waals surface area contributed by atoms with Gasteiger partial charge in [0.1, 0.15) is 0 Å². The summed E-state index contributed by atoms with van der Waals surface area (Å²) in [6.45, 7) is 3.03. The van der Waals surface area contributed by atoms with E-state index in [1.54, 1.807) is 0 Å². The molecule has 3 nitrogen and oxygen atoms in total. The molecule has 0 radical (unpaired) electrons. The van der Waals surface area contributed by atoms with Crippen LogP contribution in [0, 0.1) is 22.7 Å². The molecule has 2 rings (SSSR count). The lowest BCUT2D eigenvalue weighted by molar-refractivity contribution is 0.199. The van der Waals surface area contributed by atoms with E-state index in [1.165, 1.54) is 5.56 Å². The third kappa shape index (κ3) is 3.92. The Morgan fingerprint density at radius 1 is 1.16 bits per heavy atom. The summed E-state index contributed by atoms with van der Waals surface area (Å²) < 4.78 is 0.174. The first kappa shape index (κ1) is 14.3. The average molecular weight is 365 g/mol. The molecule has 4 heteroatoms. The smallest absolute Gasteiger partial charge is 0.0991 e. The highest BCUT2D eigenvalue weighted by Gasteiger charge is 2.31. The van der Waals surface area contributed by atoms with E-state index < -0.39 is 0 Å². The number of alkyl halides is 1. The maximum Gasteiger partial charge on any atom is 0.0991 e. The second-order valence-electron chi connectivity index (χ2n) is 5.07. The molecule has 1 aliphatic rings. The summed E-state index contributed by atoms with van der Waals surface area (Å²) in [6.07, 6.45) is 2.81. The molecule has 1 aromatic carbocycles. The molecule has 98 valence electrons. The number of halogens is 1. The van der Waals surface area contributed by atoms with E-state index in [9.17, 15) is 0 Å². The van der Waals surface area contributed by atoms with Crippen molar-refractivity contribution in [2.45, 2.75) is 29.2 Å². The fraction of sp³-hybridized carbons (Fsp3) is 0.467. The number of nitrogens with zero attached hydrogens (tertiary/aromatic N) is 3. The van der Waals surface area contributed by atoms with Gasteiger partial charge in [0, 0.05) is 16.4 Å². The van der Waals surface area contributed by atoms with Gasteiger partial charge in [-0.05, 0) is 43.6 Å². The van der Waals surface area contributed by atoms with Crippen LogP contribution in [0.3, 0.4) is 0 Å². The van der Waals surface area contributed by atoms with Crippen LogP contribution in [0.15, 0.2) is 24.3 Å². The topological polar surface area (TPSA) is 50.8 Å². The van der Waals surface area contributed by atoms with E-state index in [2.05, 4.69) is 39.6 Å². The number of likely N-dealkylation sites (tertiary alicyclic amines) is 1. The van der Waals surface area contributed by atoms with E-state index in [1.807, 2.05) is 24.3 Å². The molecule has 0 spiro atoms. The van der Waals surface area contributed by atoms with Gasteiger partial charge >= 0.3 is 0 Å². The SMILES string of the molecule is N#CCC1(I)CCN(Cc2ccc(C#N)cc2)CC1. The summed E-state index contributed by atoms with van der Waals surface area (Å²) in [7, 11) is 0. The lowest BCUT2D eigenvalue weighted by Crippen LogP contribution is -2.40. The minimum absolute atomic E-state index is 0.174. The molecule has 0 aliphatic carbocycles. The number of hydrogen-bond acceptors (Lipinski definition) is 3. The molecule has 1 heterocycles. The zero-order valence-electron chi connectivity index (χ0n) is 10.8. The molecule has 1 aliphatic heterocycles. The second-order valence-corrected chi connectivity index (χ2v) is 7.36. The lowest BCUT2D eigenvalue weighted by atomic mass is 9.94. The number of nitriles is 2. The highest BCUT2D eigenvalue weighted by Crippen LogP contribution is 2.35. The maximum absolute atomic E-state index is 8.84. The Labute approximate surface area is 128 Å². The van der Waals surface area contributed by atoms with Crippen LogP contribution < -0.4 is 0 Å². The molecule has 0 atom stereocenters. The zero-order chi connectivity index (χ0) is 13.7. The molecular formula is C15H16IN3. The van der Waals surface area contributed by atoms with Gasteiger partial charge in [-0.1, -0.05) is 34.7 Å². The molecule has 1 aromatic rings. The Balaban J connectivity index is 1.89. The molecule has 19 heavy (non-hydrogen) atoms. The van der Waals surface area contributed by atoms with Crippen LogP contribution in [0.2, 0.25) is 0 Å². The van der Waals surface area contributed by atoms with E-state index >= 15 is 0 Å². The molecular weight excluding hydrogens is 349 g/mol. The van der Waals surface area contributed by atoms with Gasteiger partial charge in [0.25, 0.3) is 0 Å². The van der Waals surface area contributed by atoms with Gasteiger partial charge in [-0.25, -0.2) is 0 Å². The summed E-state index contributed by atoms with van der Waals surface area (Å²) in [4.78, 5) is 2.43. The summed E-state index contributed by atoms with van der Waals surface area (Å²) in [5, 5.41) is 17.6. The zero-order valence-corrected chi connectivity index (χ0v) is 12.9. The van der Waals surface area contributed by atoms with Crippen molar-refractivity contribution >= 4 is 22.6 Å². The summed E-state index contributed by atoms with van der Waals surface area (Å²) in [6, 6.07) is 12.2. The predicted octanol–water partition coefficient (Wildman–Crippen LogP) is 3.24. The van der Waals surface area contributed by atoms with Crippen molar-refractivity contribution in [2.75, 3.05) is 13.1 Å².